The van der Waals surface area contributed by atoms with E-state index in [0.29, 0.717) is 5.76 Å². The first-order chi connectivity index (χ1) is 10.8. The molecule has 0 fully saturated rings. The Kier molecular flexibility index (Phi) is 3.96. The molecule has 1 aliphatic rings. The van der Waals surface area contributed by atoms with Gasteiger partial charge in [-0.3, -0.25) is 4.79 Å². The van der Waals surface area contributed by atoms with Crippen molar-refractivity contribution in [2.75, 3.05) is 11.4 Å². The quantitative estimate of drug-likeness (QED) is 0.653. The molecule has 1 aromatic heterocycles. The molecule has 0 spiro atoms. The Bertz CT molecular complexity index is 771. The number of carbonyl (C=O) groups excluding carboxylic acids is 1. The van der Waals surface area contributed by atoms with E-state index in [1.54, 1.807) is 4.90 Å². The van der Waals surface area contributed by atoms with Crippen molar-refractivity contribution in [3.05, 3.63) is 65.9 Å². The lowest BCUT2D eigenvalue weighted by atomic mass is 10.2. The lowest BCUT2D eigenvalue weighted by Crippen LogP contribution is -2.28. The highest BCUT2D eigenvalue weighted by molar-refractivity contribution is 6.07. The number of nitrogens with zero attached hydrogens (tertiary/aromatic N) is 1. The highest BCUT2D eigenvalue weighted by Crippen LogP contribution is 2.30. The van der Waals surface area contributed by atoms with Crippen LogP contribution in [0, 0.1) is 0 Å². The molecule has 1 amide bonds. The molecule has 3 heteroatoms. The summed E-state index contributed by atoms with van der Waals surface area (Å²) >= 11 is 0. The van der Waals surface area contributed by atoms with E-state index in [9.17, 15) is 4.79 Å². The van der Waals surface area contributed by atoms with Gasteiger partial charge in [0.25, 0.3) is 5.91 Å². The van der Waals surface area contributed by atoms with Gasteiger partial charge in [0.1, 0.15) is 5.58 Å². The molecule has 3 nitrogen and oxygen atoms in total. The molecule has 0 unspecified atom stereocenters. The lowest BCUT2D eigenvalue weighted by Gasteiger charge is -2.15. The first-order valence-corrected chi connectivity index (χ1v) is 7.71. The van der Waals surface area contributed by atoms with Crippen LogP contribution in [0.3, 0.4) is 0 Å². The smallest absolute Gasteiger partial charge is 0.294 e. The van der Waals surface area contributed by atoms with E-state index < -0.39 is 0 Å². The maximum Gasteiger partial charge on any atom is 0.294 e. The Morgan fingerprint density at radius 3 is 2.59 bits per heavy atom. The van der Waals surface area contributed by atoms with Crippen molar-refractivity contribution in [1.82, 2.24) is 0 Å². The second kappa shape index (κ2) is 6.06. The zero-order chi connectivity index (χ0) is 15.5. The van der Waals surface area contributed by atoms with Crippen molar-refractivity contribution in [1.29, 1.82) is 0 Å². The first kappa shape index (κ1) is 14.4. The average Bonchev–Trinajstić information content (AvgIpc) is 3.20. The number of hydrogen-bond donors (Lipinski definition) is 0. The van der Waals surface area contributed by atoms with E-state index in [4.69, 9.17) is 4.42 Å². The van der Waals surface area contributed by atoms with Crippen LogP contribution in [0.25, 0.3) is 11.0 Å². The molecule has 0 radical (unpaired) electrons. The zero-order valence-electron chi connectivity index (χ0n) is 12.9. The Morgan fingerprint density at radius 2 is 1.77 bits per heavy atom. The van der Waals surface area contributed by atoms with Crippen molar-refractivity contribution >= 4 is 22.6 Å². The molecule has 0 saturated heterocycles. The van der Waals surface area contributed by atoms with Gasteiger partial charge in [0, 0.05) is 17.6 Å². The van der Waals surface area contributed by atoms with Gasteiger partial charge in [0.2, 0.25) is 0 Å². The minimum Gasteiger partial charge on any atom is -0.451 e. The van der Waals surface area contributed by atoms with Crippen molar-refractivity contribution in [2.24, 2.45) is 0 Å². The van der Waals surface area contributed by atoms with Crippen molar-refractivity contribution in [3.63, 3.8) is 0 Å². The van der Waals surface area contributed by atoms with Crippen LogP contribution in [0.5, 0.6) is 0 Å². The van der Waals surface area contributed by atoms with Gasteiger partial charge in [-0.1, -0.05) is 50.2 Å². The topological polar surface area (TPSA) is 33.5 Å². The molecule has 0 N–H and O–H groups in total. The standard InChI is InChI=1S/C17H13NO2.C2H6/c19-17(16-11-13-6-2-4-8-15(13)20-16)18-10-9-12-5-1-3-7-14(12)18;1-2/h1-8,11H,9-10H2;1-2H3. The molecule has 22 heavy (non-hydrogen) atoms. The second-order valence-corrected chi connectivity index (χ2v) is 4.98. The highest BCUT2D eigenvalue weighted by Gasteiger charge is 2.27. The third-order valence-corrected chi connectivity index (χ3v) is 3.77. The van der Waals surface area contributed by atoms with E-state index >= 15 is 0 Å². The van der Waals surface area contributed by atoms with Gasteiger partial charge in [-0.25, -0.2) is 0 Å². The summed E-state index contributed by atoms with van der Waals surface area (Å²) in [5.74, 6) is 0.342. The Hall–Kier alpha value is -2.55. The fourth-order valence-electron chi connectivity index (χ4n) is 2.77. The number of benzene rings is 2. The van der Waals surface area contributed by atoms with Crippen molar-refractivity contribution in [3.8, 4) is 0 Å². The number of carbonyl (C=O) groups is 1. The molecule has 0 atom stereocenters. The highest BCUT2D eigenvalue weighted by atomic mass is 16.3. The third kappa shape index (κ3) is 2.39. The van der Waals surface area contributed by atoms with E-state index in [0.717, 1.165) is 29.6 Å². The van der Waals surface area contributed by atoms with Crippen LogP contribution in [0.2, 0.25) is 0 Å². The molecule has 0 bridgehead atoms. The maximum absolute atomic E-state index is 12.6. The summed E-state index contributed by atoms with van der Waals surface area (Å²) in [7, 11) is 0. The molecule has 2 heterocycles. The van der Waals surface area contributed by atoms with Gasteiger partial charge >= 0.3 is 0 Å². The fraction of sp³-hybridized carbons (Fsp3) is 0.211. The van der Waals surface area contributed by atoms with E-state index in [-0.39, 0.29) is 5.91 Å². The SMILES string of the molecule is CC.O=C(c1cc2ccccc2o1)N1CCc2ccccc21. The second-order valence-electron chi connectivity index (χ2n) is 4.98. The normalized spacial score (nSPS) is 12.7. The third-order valence-electron chi connectivity index (χ3n) is 3.77. The molecule has 0 saturated carbocycles. The van der Waals surface area contributed by atoms with Crippen LogP contribution < -0.4 is 4.90 Å². The lowest BCUT2D eigenvalue weighted by molar-refractivity contribution is 0.0965. The molecule has 0 aliphatic carbocycles. The molecule has 4 rings (SSSR count). The number of amides is 1. The zero-order valence-corrected chi connectivity index (χ0v) is 12.9. The molecular weight excluding hydrogens is 274 g/mol. The van der Waals surface area contributed by atoms with Crippen molar-refractivity contribution < 1.29 is 9.21 Å². The van der Waals surface area contributed by atoms with Crippen LogP contribution in [0.15, 0.2) is 59.0 Å². The van der Waals surface area contributed by atoms with Crippen LogP contribution in [0.1, 0.15) is 30.0 Å². The number of rotatable bonds is 1. The Balaban J connectivity index is 0.000000693. The summed E-state index contributed by atoms with van der Waals surface area (Å²) in [6.45, 7) is 4.72. The van der Waals surface area contributed by atoms with Crippen LogP contribution in [-0.2, 0) is 6.42 Å². The number of furan rings is 1. The van der Waals surface area contributed by atoms with Gasteiger partial charge in [0.15, 0.2) is 5.76 Å². The van der Waals surface area contributed by atoms with Crippen LogP contribution in [0.4, 0.5) is 5.69 Å². The van der Waals surface area contributed by atoms with Crippen LogP contribution in [-0.4, -0.2) is 12.5 Å². The summed E-state index contributed by atoms with van der Waals surface area (Å²) in [4.78, 5) is 14.4. The fourth-order valence-corrected chi connectivity index (χ4v) is 2.77. The summed E-state index contributed by atoms with van der Waals surface area (Å²) in [5.41, 5.74) is 2.97. The van der Waals surface area contributed by atoms with Gasteiger partial charge in [-0.15, -0.1) is 0 Å². The largest absolute Gasteiger partial charge is 0.451 e. The molecule has 3 aromatic rings. The minimum absolute atomic E-state index is 0.0637. The van der Waals surface area contributed by atoms with Gasteiger partial charge < -0.3 is 9.32 Å². The Labute approximate surface area is 130 Å². The summed E-state index contributed by atoms with van der Waals surface area (Å²) < 4.78 is 5.67. The number of fused-ring (bicyclic) bond motifs is 2. The predicted octanol–water partition coefficient (Wildman–Crippen LogP) is 4.66. The van der Waals surface area contributed by atoms with Crippen molar-refractivity contribution in [2.45, 2.75) is 20.3 Å². The van der Waals surface area contributed by atoms with E-state index in [1.165, 1.54) is 5.56 Å². The Morgan fingerprint density at radius 1 is 1.05 bits per heavy atom. The van der Waals surface area contributed by atoms with Crippen LogP contribution >= 0.6 is 0 Å². The summed E-state index contributed by atoms with van der Waals surface area (Å²) in [6, 6.07) is 17.5. The summed E-state index contributed by atoms with van der Waals surface area (Å²) in [6.07, 6.45) is 0.905. The summed E-state index contributed by atoms with van der Waals surface area (Å²) in [5, 5.41) is 0.961. The number of para-hydroxylation sites is 2. The van der Waals surface area contributed by atoms with Gasteiger partial charge in [-0.2, -0.15) is 0 Å². The first-order valence-electron chi connectivity index (χ1n) is 7.71. The maximum atomic E-state index is 12.6. The molecule has 1 aliphatic heterocycles. The number of hydrogen-bond acceptors (Lipinski definition) is 2. The van der Waals surface area contributed by atoms with Gasteiger partial charge in [-0.05, 0) is 30.2 Å². The monoisotopic (exact) mass is 293 g/mol. The minimum atomic E-state index is -0.0637. The number of anilines is 1. The average molecular weight is 293 g/mol. The molecule has 112 valence electrons. The predicted molar refractivity (Wildman–Crippen MR) is 89.4 cm³/mol. The van der Waals surface area contributed by atoms with E-state index in [1.807, 2.05) is 62.4 Å². The van der Waals surface area contributed by atoms with Gasteiger partial charge in [0.05, 0.1) is 0 Å². The molecule has 2 aromatic carbocycles. The van der Waals surface area contributed by atoms with E-state index in [2.05, 4.69) is 6.07 Å². The molecular formula is C19H19NO2.